The molecule has 1 saturated heterocycles. The van der Waals surface area contributed by atoms with E-state index in [9.17, 15) is 9.59 Å². The van der Waals surface area contributed by atoms with E-state index in [4.69, 9.17) is 0 Å². The van der Waals surface area contributed by atoms with Crippen molar-refractivity contribution in [1.82, 2.24) is 4.90 Å². The number of amides is 1. The lowest BCUT2D eigenvalue weighted by Crippen LogP contribution is -2.46. The van der Waals surface area contributed by atoms with E-state index in [0.717, 1.165) is 12.8 Å². The summed E-state index contributed by atoms with van der Waals surface area (Å²) < 4.78 is 0. The molecular formula is C13H21NO2. The molecule has 1 aliphatic carbocycles. The van der Waals surface area contributed by atoms with Gasteiger partial charge in [-0.2, -0.15) is 0 Å². The fourth-order valence-electron chi connectivity index (χ4n) is 2.97. The molecule has 2 aliphatic rings. The van der Waals surface area contributed by atoms with E-state index in [1.165, 1.54) is 19.3 Å². The van der Waals surface area contributed by atoms with Crippen LogP contribution in [-0.4, -0.2) is 28.7 Å². The summed E-state index contributed by atoms with van der Waals surface area (Å²) in [6.07, 6.45) is 6.13. The fourth-order valence-corrected chi connectivity index (χ4v) is 2.97. The van der Waals surface area contributed by atoms with Crippen LogP contribution < -0.4 is 0 Å². The molecule has 0 atom stereocenters. The Hall–Kier alpha value is -0.860. The van der Waals surface area contributed by atoms with Crippen molar-refractivity contribution < 1.29 is 9.59 Å². The molecule has 0 bridgehead atoms. The van der Waals surface area contributed by atoms with Crippen LogP contribution in [0.5, 0.6) is 0 Å². The second-order valence-corrected chi connectivity index (χ2v) is 5.79. The minimum absolute atomic E-state index is 0.180. The van der Waals surface area contributed by atoms with E-state index >= 15 is 0 Å². The average molecular weight is 223 g/mol. The van der Waals surface area contributed by atoms with Crippen molar-refractivity contribution in [2.24, 2.45) is 5.92 Å². The second kappa shape index (κ2) is 4.19. The summed E-state index contributed by atoms with van der Waals surface area (Å²) in [6.45, 7) is 4.33. The Kier molecular flexibility index (Phi) is 3.04. The zero-order valence-electron chi connectivity index (χ0n) is 10.3. The summed E-state index contributed by atoms with van der Waals surface area (Å²) in [5.74, 6) is 0.601. The van der Waals surface area contributed by atoms with E-state index in [1.807, 2.05) is 18.7 Å². The lowest BCUT2D eigenvalue weighted by atomic mass is 9.87. The molecule has 0 spiro atoms. The van der Waals surface area contributed by atoms with E-state index < -0.39 is 0 Å². The summed E-state index contributed by atoms with van der Waals surface area (Å²) in [7, 11) is 0. The SMILES string of the molecule is CC1(C)CC(=O)CN1C(=O)C1CCCCC1. The Morgan fingerprint density at radius 1 is 1.25 bits per heavy atom. The van der Waals surface area contributed by atoms with Crippen molar-refractivity contribution in [3.63, 3.8) is 0 Å². The van der Waals surface area contributed by atoms with Gasteiger partial charge in [0.2, 0.25) is 5.91 Å². The van der Waals surface area contributed by atoms with Crippen LogP contribution in [0.2, 0.25) is 0 Å². The van der Waals surface area contributed by atoms with Gasteiger partial charge in [-0.3, -0.25) is 9.59 Å². The molecule has 0 aromatic carbocycles. The number of nitrogens with zero attached hydrogens (tertiary/aromatic N) is 1. The molecule has 0 aromatic rings. The number of hydrogen-bond donors (Lipinski definition) is 0. The van der Waals surface area contributed by atoms with Gasteiger partial charge in [0.05, 0.1) is 6.54 Å². The summed E-state index contributed by atoms with van der Waals surface area (Å²) in [5, 5.41) is 0. The monoisotopic (exact) mass is 223 g/mol. The third kappa shape index (κ3) is 2.13. The molecule has 90 valence electrons. The zero-order valence-corrected chi connectivity index (χ0v) is 10.3. The van der Waals surface area contributed by atoms with Gasteiger partial charge in [0.25, 0.3) is 0 Å². The highest BCUT2D eigenvalue weighted by atomic mass is 16.2. The van der Waals surface area contributed by atoms with Crippen LogP contribution in [0, 0.1) is 5.92 Å². The first kappa shape index (κ1) is 11.6. The normalized spacial score (nSPS) is 26.1. The van der Waals surface area contributed by atoms with Gasteiger partial charge in [0.1, 0.15) is 0 Å². The van der Waals surface area contributed by atoms with Gasteiger partial charge in [-0.05, 0) is 26.7 Å². The first-order chi connectivity index (χ1) is 7.50. The molecule has 3 nitrogen and oxygen atoms in total. The number of carbonyl (C=O) groups is 2. The molecule has 2 rings (SSSR count). The Balaban J connectivity index is 2.06. The van der Waals surface area contributed by atoms with Crippen LogP contribution in [0.4, 0.5) is 0 Å². The molecule has 0 aromatic heterocycles. The summed E-state index contributed by atoms with van der Waals surface area (Å²) in [6, 6.07) is 0. The van der Waals surface area contributed by atoms with Gasteiger partial charge >= 0.3 is 0 Å². The molecule has 1 saturated carbocycles. The maximum atomic E-state index is 12.3. The predicted octanol–water partition coefficient (Wildman–Crippen LogP) is 2.15. The number of hydrogen-bond acceptors (Lipinski definition) is 2. The van der Waals surface area contributed by atoms with Crippen molar-refractivity contribution in [1.29, 1.82) is 0 Å². The number of likely N-dealkylation sites (tertiary alicyclic amines) is 1. The first-order valence-corrected chi connectivity index (χ1v) is 6.34. The largest absolute Gasteiger partial charge is 0.330 e. The average Bonchev–Trinajstić information content (AvgIpc) is 2.52. The molecule has 2 fully saturated rings. The molecule has 1 amide bonds. The first-order valence-electron chi connectivity index (χ1n) is 6.34. The Bertz CT molecular complexity index is 303. The van der Waals surface area contributed by atoms with E-state index in [1.54, 1.807) is 0 Å². The van der Waals surface area contributed by atoms with Gasteiger partial charge < -0.3 is 4.90 Å². The Labute approximate surface area is 97.2 Å². The van der Waals surface area contributed by atoms with Gasteiger partial charge in [-0.25, -0.2) is 0 Å². The molecule has 16 heavy (non-hydrogen) atoms. The third-order valence-electron chi connectivity index (χ3n) is 3.92. The van der Waals surface area contributed by atoms with Gasteiger partial charge in [-0.15, -0.1) is 0 Å². The molecule has 0 unspecified atom stereocenters. The zero-order chi connectivity index (χ0) is 11.8. The highest BCUT2D eigenvalue weighted by molar-refractivity contribution is 5.91. The highest BCUT2D eigenvalue weighted by Crippen LogP contribution is 2.32. The highest BCUT2D eigenvalue weighted by Gasteiger charge is 2.42. The fraction of sp³-hybridized carbons (Fsp3) is 0.846. The summed E-state index contributed by atoms with van der Waals surface area (Å²) >= 11 is 0. The van der Waals surface area contributed by atoms with Gasteiger partial charge in [0, 0.05) is 17.9 Å². The van der Waals surface area contributed by atoms with Crippen molar-refractivity contribution in [2.45, 2.75) is 57.9 Å². The Morgan fingerprint density at radius 2 is 1.88 bits per heavy atom. The molecule has 1 heterocycles. The van der Waals surface area contributed by atoms with Crippen LogP contribution in [0.3, 0.4) is 0 Å². The van der Waals surface area contributed by atoms with Crippen molar-refractivity contribution in [3.05, 3.63) is 0 Å². The number of Topliss-reactive ketones (excluding diaryl/α,β-unsaturated/α-hetero) is 1. The molecule has 0 N–H and O–H groups in total. The number of carbonyl (C=O) groups excluding carboxylic acids is 2. The van der Waals surface area contributed by atoms with Crippen LogP contribution in [0.25, 0.3) is 0 Å². The quantitative estimate of drug-likeness (QED) is 0.683. The minimum atomic E-state index is -0.258. The summed E-state index contributed by atoms with van der Waals surface area (Å²) in [5.41, 5.74) is -0.258. The maximum absolute atomic E-state index is 12.3. The lowest BCUT2D eigenvalue weighted by Gasteiger charge is -2.34. The van der Waals surface area contributed by atoms with Crippen molar-refractivity contribution >= 4 is 11.7 Å². The van der Waals surface area contributed by atoms with Crippen LogP contribution in [0.1, 0.15) is 52.4 Å². The van der Waals surface area contributed by atoms with Crippen LogP contribution >= 0.6 is 0 Å². The molecule has 1 aliphatic heterocycles. The van der Waals surface area contributed by atoms with E-state index in [2.05, 4.69) is 0 Å². The third-order valence-corrected chi connectivity index (χ3v) is 3.92. The second-order valence-electron chi connectivity index (χ2n) is 5.79. The Morgan fingerprint density at radius 3 is 2.38 bits per heavy atom. The number of ketones is 1. The predicted molar refractivity (Wildman–Crippen MR) is 62.0 cm³/mol. The van der Waals surface area contributed by atoms with Gasteiger partial charge in [0.15, 0.2) is 5.78 Å². The van der Waals surface area contributed by atoms with Crippen LogP contribution in [0.15, 0.2) is 0 Å². The standard InChI is InChI=1S/C13H21NO2/c1-13(2)8-11(15)9-14(13)12(16)10-6-4-3-5-7-10/h10H,3-9H2,1-2H3. The van der Waals surface area contributed by atoms with Crippen molar-refractivity contribution in [3.8, 4) is 0 Å². The topological polar surface area (TPSA) is 37.4 Å². The summed E-state index contributed by atoms with van der Waals surface area (Å²) in [4.78, 5) is 25.6. The van der Waals surface area contributed by atoms with E-state index in [-0.39, 0.29) is 23.1 Å². The molecular weight excluding hydrogens is 202 g/mol. The van der Waals surface area contributed by atoms with E-state index in [0.29, 0.717) is 13.0 Å². The van der Waals surface area contributed by atoms with Crippen molar-refractivity contribution in [2.75, 3.05) is 6.54 Å². The number of rotatable bonds is 1. The molecule has 3 heteroatoms. The van der Waals surface area contributed by atoms with Crippen LogP contribution in [-0.2, 0) is 9.59 Å². The minimum Gasteiger partial charge on any atom is -0.330 e. The lowest BCUT2D eigenvalue weighted by molar-refractivity contribution is -0.140. The van der Waals surface area contributed by atoms with Gasteiger partial charge in [-0.1, -0.05) is 19.3 Å². The maximum Gasteiger partial charge on any atom is 0.226 e. The molecule has 0 radical (unpaired) electrons. The smallest absolute Gasteiger partial charge is 0.226 e.